The summed E-state index contributed by atoms with van der Waals surface area (Å²) >= 11 is 6.84. The van der Waals surface area contributed by atoms with Crippen molar-refractivity contribution in [2.75, 3.05) is 13.7 Å². The molecule has 0 saturated heterocycles. The van der Waals surface area contributed by atoms with Crippen molar-refractivity contribution >= 4 is 115 Å². The van der Waals surface area contributed by atoms with Crippen LogP contribution in [0.3, 0.4) is 0 Å². The quantitative estimate of drug-likeness (QED) is 0.0737. The van der Waals surface area contributed by atoms with Crippen LogP contribution in [0.1, 0.15) is 118 Å². The van der Waals surface area contributed by atoms with Gasteiger partial charge in [-0.15, -0.1) is 68.0 Å². The molecule has 0 aromatic carbocycles. The summed E-state index contributed by atoms with van der Waals surface area (Å²) in [6.07, 6.45) is 0.940. The first kappa shape index (κ1) is 57.0. The Labute approximate surface area is 468 Å². The summed E-state index contributed by atoms with van der Waals surface area (Å²) in [5.41, 5.74) is 0.461. The van der Waals surface area contributed by atoms with Crippen molar-refractivity contribution in [3.05, 3.63) is 100 Å². The molecule has 1 aliphatic rings. The number of carbonyl (C=O) groups excluding carboxylic acids is 7. The van der Waals surface area contributed by atoms with Gasteiger partial charge in [-0.2, -0.15) is 0 Å². The van der Waals surface area contributed by atoms with E-state index in [1.54, 1.807) is 49.7 Å². The molecule has 6 amide bonds. The highest BCUT2D eigenvalue weighted by molar-refractivity contribution is 7.15. The largest absolute Gasteiger partial charge is 0.391 e. The number of allylic oxidation sites excluding steroid dienone is 2. The first-order valence-corrected chi connectivity index (χ1v) is 28.8. The van der Waals surface area contributed by atoms with Crippen molar-refractivity contribution in [3.8, 4) is 43.4 Å². The Balaban J connectivity index is 1.16. The van der Waals surface area contributed by atoms with Crippen LogP contribution in [0.15, 0.2) is 62.3 Å². The van der Waals surface area contributed by atoms with Crippen LogP contribution in [-0.2, 0) is 19.1 Å². The number of carbonyl (C=O) groups is 7. The molecule has 5 atom stereocenters. The number of amides is 6. The minimum atomic E-state index is -1.58. The molecule has 78 heavy (non-hydrogen) atoms. The highest BCUT2D eigenvalue weighted by Crippen LogP contribution is 2.39. The number of hydrogen-bond acceptors (Lipinski definition) is 23. The van der Waals surface area contributed by atoms with Gasteiger partial charge in [0.25, 0.3) is 29.5 Å². The second-order valence-electron chi connectivity index (χ2n) is 17.8. The Bertz CT molecular complexity index is 3510. The lowest BCUT2D eigenvalue weighted by atomic mass is 9.99. The molecule has 8 rings (SSSR count). The Kier molecular flexibility index (Phi) is 17.7. The van der Waals surface area contributed by atoms with Gasteiger partial charge in [0.2, 0.25) is 5.91 Å². The predicted octanol–water partition coefficient (Wildman–Crippen LogP) is 5.55. The number of aromatic nitrogens is 7. The fraction of sp³-hybridized carbons (Fsp3) is 0.306. The third-order valence-electron chi connectivity index (χ3n) is 11.5. The lowest BCUT2D eigenvalue weighted by Crippen LogP contribution is -2.52. The average Bonchev–Trinajstić information content (AvgIpc) is 4.30. The van der Waals surface area contributed by atoms with Crippen LogP contribution in [0, 0.1) is 0 Å². The van der Waals surface area contributed by atoms with E-state index in [0.717, 1.165) is 45.3 Å². The van der Waals surface area contributed by atoms with E-state index in [1.165, 1.54) is 85.1 Å². The van der Waals surface area contributed by atoms with Crippen LogP contribution < -0.4 is 31.9 Å². The lowest BCUT2D eigenvalue weighted by Gasteiger charge is -2.28. The maximum Gasteiger partial charge on any atom is 0.275 e. The van der Waals surface area contributed by atoms with Gasteiger partial charge in [0, 0.05) is 45.0 Å². The predicted molar refractivity (Wildman–Crippen MR) is 296 cm³/mol. The molecule has 0 saturated carbocycles. The molecule has 8 heterocycles. The van der Waals surface area contributed by atoms with Gasteiger partial charge in [-0.05, 0) is 60.6 Å². The van der Waals surface area contributed by atoms with Crippen LogP contribution >= 0.6 is 68.0 Å². The fourth-order valence-electron chi connectivity index (χ4n) is 7.30. The zero-order valence-corrected chi connectivity index (χ0v) is 47.5. The Morgan fingerprint density at radius 2 is 1.27 bits per heavy atom. The first-order valence-electron chi connectivity index (χ1n) is 23.5. The molecule has 0 spiro atoms. The van der Waals surface area contributed by atoms with Gasteiger partial charge >= 0.3 is 0 Å². The number of ketones is 1. The Morgan fingerprint density at radius 1 is 0.705 bits per heavy atom. The molecular weight excluding hydrogens is 1120 g/mol. The molecule has 0 aliphatic carbocycles. The van der Waals surface area contributed by atoms with Crippen LogP contribution in [0.4, 0.5) is 0 Å². The van der Waals surface area contributed by atoms with E-state index in [9.17, 15) is 43.8 Å². The van der Waals surface area contributed by atoms with Gasteiger partial charge in [0.15, 0.2) is 0 Å². The number of aliphatic hydroxyl groups excluding tert-OH is 1. The van der Waals surface area contributed by atoms with Crippen molar-refractivity contribution in [3.63, 3.8) is 0 Å². The van der Waals surface area contributed by atoms with Crippen LogP contribution in [0.5, 0.6) is 0 Å². The van der Waals surface area contributed by atoms with E-state index in [1.807, 2.05) is 0 Å². The highest BCUT2D eigenvalue weighted by Gasteiger charge is 2.36. The number of methoxy groups -OCH3 is 1. The van der Waals surface area contributed by atoms with Gasteiger partial charge in [0.1, 0.15) is 99.5 Å². The molecular formula is C49H49N13O10S6. The van der Waals surface area contributed by atoms with Gasteiger partial charge in [0.05, 0.1) is 35.7 Å². The van der Waals surface area contributed by atoms with E-state index >= 15 is 0 Å². The van der Waals surface area contributed by atoms with E-state index in [0.29, 0.717) is 48.4 Å². The lowest BCUT2D eigenvalue weighted by molar-refractivity contribution is -0.124. The molecule has 29 heteroatoms. The van der Waals surface area contributed by atoms with Gasteiger partial charge in [-0.3, -0.25) is 33.6 Å². The van der Waals surface area contributed by atoms with Crippen molar-refractivity contribution in [1.29, 1.82) is 0 Å². The third-order valence-corrected chi connectivity index (χ3v) is 16.8. The molecule has 8 N–H and O–H groups in total. The number of pyridine rings is 1. The molecule has 0 unspecified atom stereocenters. The summed E-state index contributed by atoms with van der Waals surface area (Å²) in [5.74, 6) is -4.35. The normalized spacial score (nSPS) is 18.0. The monoisotopic (exact) mass is 1170 g/mol. The second-order valence-corrected chi connectivity index (χ2v) is 23.0. The Hall–Kier alpha value is -7.22. The molecule has 0 fully saturated rings. The van der Waals surface area contributed by atoms with Gasteiger partial charge in [-0.25, -0.2) is 34.9 Å². The smallest absolute Gasteiger partial charge is 0.275 e. The van der Waals surface area contributed by atoms with Crippen molar-refractivity contribution in [1.82, 2.24) is 66.8 Å². The molecule has 1 aliphatic heterocycles. The highest BCUT2D eigenvalue weighted by atomic mass is 32.1. The van der Waals surface area contributed by atoms with Crippen LogP contribution in [-0.4, -0.2) is 124 Å². The second kappa shape index (κ2) is 24.2. The molecule has 406 valence electrons. The zero-order valence-electron chi connectivity index (χ0n) is 42.6. The maximum absolute atomic E-state index is 14.1. The third kappa shape index (κ3) is 12.9. The fourth-order valence-corrected chi connectivity index (χ4v) is 12.5. The number of fused-ring (bicyclic) bond motifs is 11. The summed E-state index contributed by atoms with van der Waals surface area (Å²) in [7, 11) is 1.49. The first-order chi connectivity index (χ1) is 37.1. The SMILES string of the molecule is C/C=C1\NC(=O)[C@@H]([C@@H](C)O)NC(=O)c2csc(n2)-c2ccc(-c3nc(-c4nc(C(=O)N/C(=C/C)C(=O)NCC(C)=O)cs4)cs3)nc2-c2csc(n2)[C@@H]([C@@H](C)OC)NC(=O)c2csc(n2)[C@H](C(C)(C)O)NC(=O)c2csc1n2. The molecule has 23 nitrogen and oxygen atoms in total. The summed E-state index contributed by atoms with van der Waals surface area (Å²) in [6.45, 7) is 10.4. The topological polar surface area (TPSA) is 332 Å². The maximum atomic E-state index is 14.1. The number of thiazole rings is 6. The minimum absolute atomic E-state index is 0.000422. The number of Topliss-reactive ketones (excluding diaryl/α,β-unsaturated/α-hetero) is 1. The number of rotatable bonds is 11. The minimum Gasteiger partial charge on any atom is -0.391 e. The zero-order chi connectivity index (χ0) is 56.2. The van der Waals surface area contributed by atoms with Crippen molar-refractivity contribution in [2.45, 2.75) is 84.4 Å². The van der Waals surface area contributed by atoms with Gasteiger partial charge in [-0.1, -0.05) is 12.2 Å². The van der Waals surface area contributed by atoms with E-state index in [-0.39, 0.29) is 56.5 Å². The molecule has 7 aromatic rings. The average molecular weight is 1170 g/mol. The number of ether oxygens (including phenoxy) is 1. The molecule has 8 bridgehead atoms. The van der Waals surface area contributed by atoms with Crippen molar-refractivity contribution in [2.24, 2.45) is 0 Å². The van der Waals surface area contributed by atoms with Gasteiger partial charge < -0.3 is 46.9 Å². The van der Waals surface area contributed by atoms with E-state index in [4.69, 9.17) is 19.7 Å². The Morgan fingerprint density at radius 3 is 1.94 bits per heavy atom. The van der Waals surface area contributed by atoms with Crippen LogP contribution in [0.25, 0.3) is 49.1 Å². The standard InChI is InChI=1S/C49H49N13O10S6/c1-9-24(37(65)50-13-20(3)63)52-38(66)28-16-75-46(57-28)32-19-76-45(59-32)26-12-11-23-35(51-26)27-14-77-47(54-27)34(22(5)72-8)61-40(68)30-18-78-48(58-30)36(49(6,7)71)62-41(69)31-17-74-44(56-31)25(10-2)53-42(70)33(21(4)64)60-39(67)29-15-73-43(23)55-29/h9-12,14-19,21-22,33-34,36,64,71H,13H2,1-8H3,(H,50,65)(H,52,66)(H,53,70)(H,60,67)(H,61,68)(H,62,69)/b24-9+,25-10-/t21-,22-,33-,34-,36-/m1/s1. The number of nitrogens with one attached hydrogen (secondary N) is 6. The van der Waals surface area contributed by atoms with E-state index < -0.39 is 71.4 Å². The number of aliphatic hydroxyl groups is 2. The number of hydrogen-bond donors (Lipinski definition) is 8. The van der Waals surface area contributed by atoms with Crippen molar-refractivity contribution < 1.29 is 48.5 Å². The van der Waals surface area contributed by atoms with E-state index in [2.05, 4.69) is 51.8 Å². The number of nitrogens with zero attached hydrogens (tertiary/aromatic N) is 7. The molecule has 0 radical (unpaired) electrons. The summed E-state index contributed by atoms with van der Waals surface area (Å²) in [4.78, 5) is 126. The summed E-state index contributed by atoms with van der Waals surface area (Å²) in [6, 6.07) is 0.0561. The van der Waals surface area contributed by atoms with Crippen LogP contribution in [0.2, 0.25) is 0 Å². The summed E-state index contributed by atoms with van der Waals surface area (Å²) in [5, 5.41) is 49.7. The molecule has 7 aromatic heterocycles. The summed E-state index contributed by atoms with van der Waals surface area (Å²) < 4.78 is 5.75.